The van der Waals surface area contributed by atoms with Crippen molar-refractivity contribution in [2.45, 2.75) is 52.1 Å². The van der Waals surface area contributed by atoms with Gasteiger partial charge in [0.05, 0.1) is 6.10 Å². The summed E-state index contributed by atoms with van der Waals surface area (Å²) in [7, 11) is 0. The van der Waals surface area contributed by atoms with E-state index in [1.807, 2.05) is 6.92 Å². The highest BCUT2D eigenvalue weighted by Gasteiger charge is 2.20. The van der Waals surface area contributed by atoms with E-state index >= 15 is 0 Å². The van der Waals surface area contributed by atoms with Crippen LogP contribution in [0.15, 0.2) is 0 Å². The summed E-state index contributed by atoms with van der Waals surface area (Å²) in [6.07, 6.45) is 3.52. The lowest BCUT2D eigenvalue weighted by molar-refractivity contribution is 0.0985. The molecule has 5 heteroatoms. The number of H-pyrrole nitrogens is 1. The average molecular weight is 239 g/mol. The van der Waals surface area contributed by atoms with E-state index in [9.17, 15) is 9.90 Å². The van der Waals surface area contributed by atoms with E-state index in [1.54, 1.807) is 0 Å². The Labute approximate surface area is 101 Å². The normalized spacial score (nSPS) is 12.6. The molecule has 1 aromatic rings. The number of imidazole rings is 1. The number of rotatable bonds is 7. The van der Waals surface area contributed by atoms with E-state index in [0.29, 0.717) is 12.1 Å². The quantitative estimate of drug-likeness (QED) is 0.676. The van der Waals surface area contributed by atoms with Crippen molar-refractivity contribution in [1.82, 2.24) is 9.97 Å². The minimum Gasteiger partial charge on any atom is -0.387 e. The fraction of sp³-hybridized carbons (Fsp3) is 0.667. The number of aromatic amines is 1. The zero-order chi connectivity index (χ0) is 12.8. The second-order valence-corrected chi connectivity index (χ2v) is 4.22. The number of carbonyl (C=O) groups is 1. The highest BCUT2D eigenvalue weighted by Crippen LogP contribution is 2.20. The molecule has 1 atom stereocenters. The summed E-state index contributed by atoms with van der Waals surface area (Å²) < 4.78 is 0. The summed E-state index contributed by atoms with van der Waals surface area (Å²) in [4.78, 5) is 18.4. The van der Waals surface area contributed by atoms with Crippen molar-refractivity contribution in [3.63, 3.8) is 0 Å². The van der Waals surface area contributed by atoms with E-state index in [4.69, 9.17) is 5.73 Å². The number of aryl methyl sites for hydroxylation is 1. The van der Waals surface area contributed by atoms with Crippen LogP contribution in [-0.4, -0.2) is 21.0 Å². The van der Waals surface area contributed by atoms with Crippen LogP contribution in [0.1, 0.15) is 67.6 Å². The van der Waals surface area contributed by atoms with Gasteiger partial charge in [0.25, 0.3) is 5.91 Å². The van der Waals surface area contributed by atoms with Crippen molar-refractivity contribution in [2.24, 2.45) is 5.73 Å². The second kappa shape index (κ2) is 6.39. The largest absolute Gasteiger partial charge is 0.387 e. The third kappa shape index (κ3) is 3.56. The summed E-state index contributed by atoms with van der Waals surface area (Å²) in [6, 6.07) is 0. The topological polar surface area (TPSA) is 92.0 Å². The Balaban J connectivity index is 2.92. The molecular weight excluding hydrogens is 218 g/mol. The Bertz CT molecular complexity index is 374. The van der Waals surface area contributed by atoms with Gasteiger partial charge in [0.1, 0.15) is 17.2 Å². The van der Waals surface area contributed by atoms with E-state index in [0.717, 1.165) is 31.5 Å². The van der Waals surface area contributed by atoms with Crippen molar-refractivity contribution >= 4 is 5.91 Å². The molecule has 4 N–H and O–H groups in total. The van der Waals surface area contributed by atoms with Crippen LogP contribution in [0.3, 0.4) is 0 Å². The van der Waals surface area contributed by atoms with E-state index in [1.165, 1.54) is 0 Å². The van der Waals surface area contributed by atoms with Crippen molar-refractivity contribution < 1.29 is 9.90 Å². The number of hydrogen-bond acceptors (Lipinski definition) is 3. The molecule has 0 spiro atoms. The van der Waals surface area contributed by atoms with Gasteiger partial charge in [-0.1, -0.05) is 26.7 Å². The maximum atomic E-state index is 11.3. The standard InChI is InChI=1S/C12H21N3O2/c1-3-5-7-9-14-10(8(16)6-4-2)11(15-9)12(13)17/h8,16H,3-7H2,1-2H3,(H2,13,17)(H,14,15). The lowest BCUT2D eigenvalue weighted by Gasteiger charge is -2.06. The maximum absolute atomic E-state index is 11.3. The minimum atomic E-state index is -0.714. The van der Waals surface area contributed by atoms with Gasteiger partial charge in [0.15, 0.2) is 0 Å². The summed E-state index contributed by atoms with van der Waals surface area (Å²) in [5.41, 5.74) is 5.91. The third-order valence-electron chi connectivity index (χ3n) is 2.67. The number of unbranched alkanes of at least 4 members (excludes halogenated alkanes) is 1. The number of nitrogens with one attached hydrogen (secondary N) is 1. The third-order valence-corrected chi connectivity index (χ3v) is 2.67. The molecule has 0 aliphatic rings. The molecule has 96 valence electrons. The van der Waals surface area contributed by atoms with Gasteiger partial charge in [0, 0.05) is 6.42 Å². The Morgan fingerprint density at radius 1 is 1.47 bits per heavy atom. The fourth-order valence-electron chi connectivity index (χ4n) is 1.74. The first-order valence-electron chi connectivity index (χ1n) is 6.16. The Morgan fingerprint density at radius 3 is 2.71 bits per heavy atom. The van der Waals surface area contributed by atoms with Crippen LogP contribution in [0, 0.1) is 0 Å². The fourth-order valence-corrected chi connectivity index (χ4v) is 1.74. The van der Waals surface area contributed by atoms with E-state index in [-0.39, 0.29) is 5.69 Å². The van der Waals surface area contributed by atoms with Gasteiger partial charge < -0.3 is 15.8 Å². The molecule has 0 saturated carbocycles. The minimum absolute atomic E-state index is 0.247. The zero-order valence-corrected chi connectivity index (χ0v) is 10.5. The molecular formula is C12H21N3O2. The van der Waals surface area contributed by atoms with Crippen LogP contribution < -0.4 is 5.73 Å². The number of nitrogens with zero attached hydrogens (tertiary/aromatic N) is 1. The van der Waals surface area contributed by atoms with Gasteiger partial charge in [0.2, 0.25) is 0 Å². The highest BCUT2D eigenvalue weighted by atomic mass is 16.3. The summed E-state index contributed by atoms with van der Waals surface area (Å²) in [6.45, 7) is 4.06. The molecule has 5 nitrogen and oxygen atoms in total. The van der Waals surface area contributed by atoms with E-state index < -0.39 is 12.0 Å². The second-order valence-electron chi connectivity index (χ2n) is 4.22. The molecule has 0 saturated heterocycles. The van der Waals surface area contributed by atoms with Gasteiger partial charge in [-0.2, -0.15) is 0 Å². The molecule has 0 fully saturated rings. The summed E-state index contributed by atoms with van der Waals surface area (Å²) >= 11 is 0. The van der Waals surface area contributed by atoms with E-state index in [2.05, 4.69) is 16.9 Å². The molecule has 0 bridgehead atoms. The van der Waals surface area contributed by atoms with Crippen LogP contribution in [0.2, 0.25) is 0 Å². The molecule has 1 unspecified atom stereocenters. The first kappa shape index (κ1) is 13.7. The molecule has 1 aromatic heterocycles. The molecule has 0 aliphatic carbocycles. The number of primary amides is 1. The van der Waals surface area contributed by atoms with Crippen molar-refractivity contribution in [2.75, 3.05) is 0 Å². The summed E-state index contributed by atoms with van der Waals surface area (Å²) in [5.74, 6) is 0.163. The predicted molar refractivity (Wildman–Crippen MR) is 65.6 cm³/mol. The maximum Gasteiger partial charge on any atom is 0.267 e. The number of aromatic nitrogens is 2. The van der Waals surface area contributed by atoms with Crippen LogP contribution in [0.5, 0.6) is 0 Å². The number of aliphatic hydroxyl groups excluding tert-OH is 1. The zero-order valence-electron chi connectivity index (χ0n) is 10.5. The van der Waals surface area contributed by atoms with Crippen LogP contribution >= 0.6 is 0 Å². The molecule has 1 amide bonds. The lowest BCUT2D eigenvalue weighted by Crippen LogP contribution is -2.15. The van der Waals surface area contributed by atoms with Gasteiger partial charge in [-0.3, -0.25) is 4.79 Å². The Morgan fingerprint density at radius 2 is 2.18 bits per heavy atom. The van der Waals surface area contributed by atoms with Gasteiger partial charge in [-0.05, 0) is 12.8 Å². The molecule has 1 heterocycles. The van der Waals surface area contributed by atoms with Crippen LogP contribution in [0.25, 0.3) is 0 Å². The van der Waals surface area contributed by atoms with Gasteiger partial charge in [-0.25, -0.2) is 4.98 Å². The molecule has 1 rings (SSSR count). The lowest BCUT2D eigenvalue weighted by atomic mass is 10.1. The first-order valence-corrected chi connectivity index (χ1v) is 6.16. The van der Waals surface area contributed by atoms with Crippen molar-refractivity contribution in [3.05, 3.63) is 17.2 Å². The highest BCUT2D eigenvalue weighted by molar-refractivity contribution is 5.92. The molecule has 0 aromatic carbocycles. The number of carbonyl (C=O) groups excluding carboxylic acids is 1. The number of hydrogen-bond donors (Lipinski definition) is 3. The Kier molecular flexibility index (Phi) is 5.15. The number of aliphatic hydroxyl groups is 1. The molecule has 0 radical (unpaired) electrons. The summed E-state index contributed by atoms with van der Waals surface area (Å²) in [5, 5.41) is 9.90. The van der Waals surface area contributed by atoms with Crippen LogP contribution in [0.4, 0.5) is 0 Å². The first-order chi connectivity index (χ1) is 8.10. The predicted octanol–water partition coefficient (Wildman–Crippen LogP) is 1.68. The monoisotopic (exact) mass is 239 g/mol. The van der Waals surface area contributed by atoms with Crippen LogP contribution in [-0.2, 0) is 6.42 Å². The van der Waals surface area contributed by atoms with Crippen molar-refractivity contribution in [1.29, 1.82) is 0 Å². The average Bonchev–Trinajstić information content (AvgIpc) is 2.71. The van der Waals surface area contributed by atoms with Crippen molar-refractivity contribution in [3.8, 4) is 0 Å². The number of amides is 1. The number of nitrogens with two attached hydrogens (primary N) is 1. The van der Waals surface area contributed by atoms with Gasteiger partial charge >= 0.3 is 0 Å². The van der Waals surface area contributed by atoms with Gasteiger partial charge in [-0.15, -0.1) is 0 Å². The Hall–Kier alpha value is -1.36. The smallest absolute Gasteiger partial charge is 0.267 e. The molecule has 17 heavy (non-hydrogen) atoms. The SMILES string of the molecule is CCCCc1nc(C(O)CCC)c(C(N)=O)[nH]1. The molecule has 0 aliphatic heterocycles.